The third-order valence-corrected chi connectivity index (χ3v) is 4.10. The normalized spacial score (nSPS) is 19.0. The second-order valence-corrected chi connectivity index (χ2v) is 5.94. The molecule has 0 radical (unpaired) electrons. The number of aryl methyl sites for hydroxylation is 1. The van der Waals surface area contributed by atoms with E-state index in [9.17, 15) is 4.79 Å². The molecule has 25 heavy (non-hydrogen) atoms. The minimum atomic E-state index is -0.728. The molecule has 1 aliphatic rings. The smallest absolute Gasteiger partial charge is 0.269 e. The summed E-state index contributed by atoms with van der Waals surface area (Å²) in [6, 6.07) is 12.7. The van der Waals surface area contributed by atoms with Crippen LogP contribution >= 0.6 is 0 Å². The van der Waals surface area contributed by atoms with Gasteiger partial charge in [-0.15, -0.1) is 0 Å². The fourth-order valence-corrected chi connectivity index (χ4v) is 2.82. The second-order valence-electron chi connectivity index (χ2n) is 5.94. The van der Waals surface area contributed by atoms with Crippen LogP contribution in [0.1, 0.15) is 19.7 Å². The average Bonchev–Trinajstić information content (AvgIpc) is 3.03. The van der Waals surface area contributed by atoms with Gasteiger partial charge >= 0.3 is 0 Å². The summed E-state index contributed by atoms with van der Waals surface area (Å²) in [6.07, 6.45) is -0.396. The van der Waals surface area contributed by atoms with Crippen LogP contribution in [0.2, 0.25) is 0 Å². The quantitative estimate of drug-likeness (QED) is 0.790. The van der Waals surface area contributed by atoms with E-state index in [0.29, 0.717) is 34.2 Å². The zero-order valence-corrected chi connectivity index (χ0v) is 14.0. The summed E-state index contributed by atoms with van der Waals surface area (Å²) >= 11 is 0. The summed E-state index contributed by atoms with van der Waals surface area (Å²) in [4.78, 5) is 17.0. The molecule has 1 amide bonds. The maximum absolute atomic E-state index is 12.6. The number of para-hydroxylation sites is 2. The molecule has 2 atom stereocenters. The molecule has 0 spiro atoms. The lowest BCUT2D eigenvalue weighted by Crippen LogP contribution is -2.46. The fourth-order valence-electron chi connectivity index (χ4n) is 2.82. The number of rotatable bonds is 3. The van der Waals surface area contributed by atoms with Gasteiger partial charge in [0, 0.05) is 12.1 Å². The molecule has 0 saturated carbocycles. The summed E-state index contributed by atoms with van der Waals surface area (Å²) in [5, 5.41) is 2.87. The summed E-state index contributed by atoms with van der Waals surface area (Å²) in [5.74, 6) is 1.63. The molecule has 0 saturated heterocycles. The predicted octanol–water partition coefficient (Wildman–Crippen LogP) is 3.56. The Morgan fingerprint density at radius 3 is 2.68 bits per heavy atom. The number of carbonyl (C=O) groups is 1. The molecule has 1 N–H and O–H groups in total. The molecule has 0 unspecified atom stereocenters. The predicted molar refractivity (Wildman–Crippen MR) is 93.0 cm³/mol. The number of ether oxygens (including phenoxy) is 2. The van der Waals surface area contributed by atoms with E-state index in [2.05, 4.69) is 10.3 Å². The molecule has 6 nitrogen and oxygen atoms in total. The van der Waals surface area contributed by atoms with E-state index >= 15 is 0 Å². The lowest BCUT2D eigenvalue weighted by molar-refractivity contribution is -0.128. The van der Waals surface area contributed by atoms with E-state index in [-0.39, 0.29) is 5.91 Å². The SMILES string of the molecule is CCc1nc2cc(NC(=O)[C@@H]3Oc4ccccc4O[C@@H]3C)ccc2o1. The van der Waals surface area contributed by atoms with Gasteiger partial charge in [-0.25, -0.2) is 4.98 Å². The van der Waals surface area contributed by atoms with Crippen LogP contribution < -0.4 is 14.8 Å². The highest BCUT2D eigenvalue weighted by Crippen LogP contribution is 2.33. The van der Waals surface area contributed by atoms with Crippen LogP contribution in [0.15, 0.2) is 46.9 Å². The van der Waals surface area contributed by atoms with Crippen LogP contribution in [-0.4, -0.2) is 23.1 Å². The highest BCUT2D eigenvalue weighted by atomic mass is 16.6. The highest BCUT2D eigenvalue weighted by molar-refractivity contribution is 5.96. The van der Waals surface area contributed by atoms with E-state index in [1.54, 1.807) is 24.3 Å². The van der Waals surface area contributed by atoms with Gasteiger partial charge < -0.3 is 19.2 Å². The first-order valence-electron chi connectivity index (χ1n) is 8.26. The number of fused-ring (bicyclic) bond motifs is 2. The van der Waals surface area contributed by atoms with Crippen molar-refractivity contribution in [2.24, 2.45) is 0 Å². The van der Waals surface area contributed by atoms with Crippen LogP contribution in [0.3, 0.4) is 0 Å². The molecular formula is C19H18N2O4. The van der Waals surface area contributed by atoms with Gasteiger partial charge in [0.05, 0.1) is 0 Å². The molecule has 1 aromatic heterocycles. The van der Waals surface area contributed by atoms with Crippen molar-refractivity contribution in [1.82, 2.24) is 4.98 Å². The van der Waals surface area contributed by atoms with Gasteiger partial charge in [0.25, 0.3) is 5.91 Å². The number of nitrogens with zero attached hydrogens (tertiary/aromatic N) is 1. The number of oxazole rings is 1. The first-order chi connectivity index (χ1) is 12.1. The molecule has 2 heterocycles. The first-order valence-corrected chi connectivity index (χ1v) is 8.26. The zero-order valence-electron chi connectivity index (χ0n) is 14.0. The molecule has 6 heteroatoms. The Kier molecular flexibility index (Phi) is 3.80. The van der Waals surface area contributed by atoms with Gasteiger partial charge in [-0.3, -0.25) is 4.79 Å². The van der Waals surface area contributed by atoms with Gasteiger partial charge in [-0.05, 0) is 37.3 Å². The largest absolute Gasteiger partial charge is 0.482 e. The van der Waals surface area contributed by atoms with Crippen molar-refractivity contribution in [2.45, 2.75) is 32.5 Å². The van der Waals surface area contributed by atoms with Gasteiger partial charge in [0.2, 0.25) is 6.10 Å². The monoisotopic (exact) mass is 338 g/mol. The minimum absolute atomic E-state index is 0.263. The van der Waals surface area contributed by atoms with E-state index in [4.69, 9.17) is 13.9 Å². The average molecular weight is 338 g/mol. The molecule has 0 bridgehead atoms. The van der Waals surface area contributed by atoms with Crippen molar-refractivity contribution >= 4 is 22.7 Å². The van der Waals surface area contributed by atoms with Crippen LogP contribution in [0.4, 0.5) is 5.69 Å². The van der Waals surface area contributed by atoms with Gasteiger partial charge in [0.15, 0.2) is 23.0 Å². The van der Waals surface area contributed by atoms with Crippen LogP contribution in [-0.2, 0) is 11.2 Å². The van der Waals surface area contributed by atoms with Crippen molar-refractivity contribution in [3.63, 3.8) is 0 Å². The minimum Gasteiger partial charge on any atom is -0.482 e. The van der Waals surface area contributed by atoms with Crippen molar-refractivity contribution in [3.8, 4) is 11.5 Å². The maximum atomic E-state index is 12.6. The number of nitrogens with one attached hydrogen (secondary N) is 1. The number of amides is 1. The van der Waals surface area contributed by atoms with E-state index in [1.807, 2.05) is 32.0 Å². The summed E-state index contributed by atoms with van der Waals surface area (Å²) in [7, 11) is 0. The number of carbonyl (C=O) groups excluding carboxylic acids is 1. The Bertz CT molecular complexity index is 934. The van der Waals surface area contributed by atoms with E-state index in [1.165, 1.54) is 0 Å². The molecule has 0 aliphatic carbocycles. The maximum Gasteiger partial charge on any atom is 0.269 e. The van der Waals surface area contributed by atoms with Gasteiger partial charge in [-0.2, -0.15) is 0 Å². The third-order valence-electron chi connectivity index (χ3n) is 4.10. The lowest BCUT2D eigenvalue weighted by Gasteiger charge is -2.30. The molecule has 128 valence electrons. The molecule has 0 fully saturated rings. The number of aromatic nitrogens is 1. The Morgan fingerprint density at radius 2 is 1.92 bits per heavy atom. The van der Waals surface area contributed by atoms with Crippen LogP contribution in [0, 0.1) is 0 Å². The van der Waals surface area contributed by atoms with Crippen molar-refractivity contribution in [3.05, 3.63) is 48.4 Å². The molecule has 2 aromatic carbocycles. The van der Waals surface area contributed by atoms with Crippen LogP contribution in [0.5, 0.6) is 11.5 Å². The highest BCUT2D eigenvalue weighted by Gasteiger charge is 2.34. The lowest BCUT2D eigenvalue weighted by atomic mass is 10.1. The first kappa shape index (κ1) is 15.5. The summed E-state index contributed by atoms with van der Waals surface area (Å²) in [6.45, 7) is 3.79. The summed E-state index contributed by atoms with van der Waals surface area (Å²) < 4.78 is 17.2. The van der Waals surface area contributed by atoms with E-state index < -0.39 is 12.2 Å². The Labute approximate surface area is 144 Å². The molecular weight excluding hydrogens is 320 g/mol. The third kappa shape index (κ3) is 2.91. The second kappa shape index (κ2) is 6.12. The Balaban J connectivity index is 1.53. The molecule has 3 aromatic rings. The summed E-state index contributed by atoms with van der Waals surface area (Å²) in [5.41, 5.74) is 2.06. The Hall–Kier alpha value is -3.02. The number of hydrogen-bond acceptors (Lipinski definition) is 5. The number of benzene rings is 2. The van der Waals surface area contributed by atoms with E-state index in [0.717, 1.165) is 6.42 Å². The number of hydrogen-bond donors (Lipinski definition) is 1. The molecule has 4 rings (SSSR count). The van der Waals surface area contributed by atoms with Crippen molar-refractivity contribution < 1.29 is 18.7 Å². The van der Waals surface area contributed by atoms with Crippen LogP contribution in [0.25, 0.3) is 11.1 Å². The zero-order chi connectivity index (χ0) is 17.4. The standard InChI is InChI=1S/C19H18N2O4/c1-3-17-21-13-10-12(8-9-14(13)24-17)20-19(22)18-11(2)23-15-6-4-5-7-16(15)25-18/h4-11,18H,3H2,1-2H3,(H,20,22)/t11-,18-/m1/s1. The molecule has 1 aliphatic heterocycles. The Morgan fingerprint density at radius 1 is 1.16 bits per heavy atom. The van der Waals surface area contributed by atoms with Gasteiger partial charge in [-0.1, -0.05) is 19.1 Å². The van der Waals surface area contributed by atoms with Crippen molar-refractivity contribution in [1.29, 1.82) is 0 Å². The number of anilines is 1. The topological polar surface area (TPSA) is 73.6 Å². The fraction of sp³-hybridized carbons (Fsp3) is 0.263. The van der Waals surface area contributed by atoms with Gasteiger partial charge in [0.1, 0.15) is 11.6 Å². The van der Waals surface area contributed by atoms with Crippen molar-refractivity contribution in [2.75, 3.05) is 5.32 Å².